The summed E-state index contributed by atoms with van der Waals surface area (Å²) in [5.41, 5.74) is 2.21. The van der Waals surface area contributed by atoms with E-state index < -0.39 is 0 Å². The van der Waals surface area contributed by atoms with Crippen LogP contribution in [0.5, 0.6) is 5.75 Å². The highest BCUT2D eigenvalue weighted by Crippen LogP contribution is 2.23. The molecular weight excluding hydrogens is 410 g/mol. The lowest BCUT2D eigenvalue weighted by atomic mass is 10.1. The molecule has 0 aliphatic carbocycles. The molecule has 3 aromatic rings. The maximum absolute atomic E-state index is 5.86. The Hall–Kier alpha value is -1.98. The number of nitrogens with zero attached hydrogens (tertiary/aromatic N) is 1. The molecule has 0 radical (unpaired) electrons. The summed E-state index contributed by atoms with van der Waals surface area (Å²) in [5.74, 6) is 4.08. The first-order chi connectivity index (χ1) is 12.8. The molecule has 0 aliphatic rings. The first-order valence-corrected chi connectivity index (χ1v) is 10.7. The quantitative estimate of drug-likeness (QED) is 0.305. The van der Waals surface area contributed by atoms with Crippen molar-refractivity contribution in [1.29, 1.82) is 0 Å². The highest BCUT2D eigenvalue weighted by molar-refractivity contribution is 9.09. The van der Waals surface area contributed by atoms with Crippen molar-refractivity contribution in [1.82, 2.24) is 4.98 Å². The number of para-hydroxylation sites is 1. The summed E-state index contributed by atoms with van der Waals surface area (Å²) in [6, 6.07) is 18.1. The van der Waals surface area contributed by atoms with Gasteiger partial charge in [0, 0.05) is 16.6 Å². The molecule has 0 atom stereocenters. The van der Waals surface area contributed by atoms with Crippen molar-refractivity contribution < 1.29 is 9.15 Å². The van der Waals surface area contributed by atoms with Gasteiger partial charge < -0.3 is 9.15 Å². The van der Waals surface area contributed by atoms with Gasteiger partial charge in [0.15, 0.2) is 5.76 Å². The zero-order chi connectivity index (χ0) is 18.0. The molecule has 1 aromatic heterocycles. The SMILES string of the molecule is BrCC=Cc1ccc(-c2cnc(CSCCOc3ccccc3)o2)cc1. The van der Waals surface area contributed by atoms with Gasteiger partial charge in [0.2, 0.25) is 5.89 Å². The molecule has 2 aromatic carbocycles. The standard InChI is InChI=1S/C21H20BrNO2S/c22-12-4-5-17-8-10-18(11-9-17)20-15-23-21(25-20)16-26-14-13-24-19-6-2-1-3-7-19/h1-11,15H,12-14,16H2. The second-order valence-electron chi connectivity index (χ2n) is 5.51. The van der Waals surface area contributed by atoms with E-state index in [0.717, 1.165) is 39.8 Å². The van der Waals surface area contributed by atoms with Gasteiger partial charge in [-0.1, -0.05) is 70.5 Å². The van der Waals surface area contributed by atoms with Crippen molar-refractivity contribution in [2.75, 3.05) is 17.7 Å². The molecule has 0 N–H and O–H groups in total. The van der Waals surface area contributed by atoms with Crippen LogP contribution in [0, 0.1) is 0 Å². The summed E-state index contributed by atoms with van der Waals surface area (Å²) in [6.07, 6.45) is 5.94. The van der Waals surface area contributed by atoms with Crippen molar-refractivity contribution >= 4 is 33.8 Å². The number of benzene rings is 2. The second-order valence-corrected chi connectivity index (χ2v) is 7.26. The van der Waals surface area contributed by atoms with Crippen LogP contribution in [-0.4, -0.2) is 22.7 Å². The van der Waals surface area contributed by atoms with E-state index in [4.69, 9.17) is 9.15 Å². The summed E-state index contributed by atoms with van der Waals surface area (Å²) >= 11 is 5.13. The van der Waals surface area contributed by atoms with Crippen molar-refractivity contribution in [2.45, 2.75) is 5.75 Å². The van der Waals surface area contributed by atoms with E-state index in [-0.39, 0.29) is 0 Å². The second kappa shape index (κ2) is 10.2. The maximum atomic E-state index is 5.86. The first-order valence-electron chi connectivity index (χ1n) is 8.38. The minimum atomic E-state index is 0.672. The number of rotatable bonds is 9. The van der Waals surface area contributed by atoms with Crippen molar-refractivity contribution in [3.8, 4) is 17.1 Å². The molecule has 26 heavy (non-hydrogen) atoms. The minimum Gasteiger partial charge on any atom is -0.493 e. The van der Waals surface area contributed by atoms with E-state index in [2.05, 4.69) is 57.3 Å². The van der Waals surface area contributed by atoms with Gasteiger partial charge in [-0.25, -0.2) is 4.98 Å². The molecule has 134 valence electrons. The number of aromatic nitrogens is 1. The molecule has 1 heterocycles. The Morgan fingerprint density at radius 1 is 1.08 bits per heavy atom. The number of thioether (sulfide) groups is 1. The highest BCUT2D eigenvalue weighted by Gasteiger charge is 2.06. The zero-order valence-electron chi connectivity index (χ0n) is 14.3. The van der Waals surface area contributed by atoms with Gasteiger partial charge in [-0.05, 0) is 17.7 Å². The maximum Gasteiger partial charge on any atom is 0.204 e. The van der Waals surface area contributed by atoms with Crippen LogP contribution in [0.15, 0.2) is 71.3 Å². The topological polar surface area (TPSA) is 35.3 Å². The molecule has 0 saturated heterocycles. The van der Waals surface area contributed by atoms with Gasteiger partial charge in [-0.15, -0.1) is 11.8 Å². The molecule has 3 rings (SSSR count). The largest absolute Gasteiger partial charge is 0.493 e. The van der Waals surface area contributed by atoms with E-state index >= 15 is 0 Å². The fourth-order valence-electron chi connectivity index (χ4n) is 2.34. The number of oxazole rings is 1. The van der Waals surface area contributed by atoms with Crippen LogP contribution in [0.25, 0.3) is 17.4 Å². The third kappa shape index (κ3) is 5.78. The van der Waals surface area contributed by atoms with Crippen LogP contribution >= 0.6 is 27.7 Å². The Bertz CT molecular complexity index is 816. The number of allylic oxidation sites excluding steroid dienone is 1. The van der Waals surface area contributed by atoms with Crippen molar-refractivity contribution in [3.63, 3.8) is 0 Å². The van der Waals surface area contributed by atoms with E-state index in [1.54, 1.807) is 18.0 Å². The van der Waals surface area contributed by atoms with Crippen LogP contribution < -0.4 is 4.74 Å². The molecule has 0 bridgehead atoms. The lowest BCUT2D eigenvalue weighted by Gasteiger charge is -2.04. The van der Waals surface area contributed by atoms with Gasteiger partial charge in [-0.3, -0.25) is 0 Å². The Morgan fingerprint density at radius 2 is 1.88 bits per heavy atom. The summed E-state index contributed by atoms with van der Waals surface area (Å²) in [6.45, 7) is 0.672. The third-order valence-corrected chi connectivity index (χ3v) is 4.89. The molecular formula is C21H20BrNO2S. The molecule has 0 fully saturated rings. The number of hydrogen-bond donors (Lipinski definition) is 0. The summed E-state index contributed by atoms with van der Waals surface area (Å²) in [7, 11) is 0. The van der Waals surface area contributed by atoms with Crippen molar-refractivity contribution in [3.05, 3.63) is 78.3 Å². The smallest absolute Gasteiger partial charge is 0.204 e. The summed E-state index contributed by atoms with van der Waals surface area (Å²) in [4.78, 5) is 4.37. The molecule has 5 heteroatoms. The Balaban J connectivity index is 1.45. The molecule has 0 aliphatic heterocycles. The van der Waals surface area contributed by atoms with Gasteiger partial charge >= 0.3 is 0 Å². The molecule has 0 unspecified atom stereocenters. The molecule has 0 saturated carbocycles. The number of halogens is 1. The van der Waals surface area contributed by atoms with E-state index in [0.29, 0.717) is 6.61 Å². The molecule has 0 amide bonds. The number of ether oxygens (including phenoxy) is 1. The predicted octanol–water partition coefficient (Wildman–Crippen LogP) is 6.06. The van der Waals surface area contributed by atoms with Gasteiger partial charge in [0.05, 0.1) is 18.6 Å². The normalized spacial score (nSPS) is 11.1. The fourth-order valence-corrected chi connectivity index (χ4v) is 3.18. The Labute approximate surface area is 166 Å². The van der Waals surface area contributed by atoms with E-state index in [9.17, 15) is 0 Å². The Morgan fingerprint density at radius 3 is 2.65 bits per heavy atom. The van der Waals surface area contributed by atoms with Crippen LogP contribution in [0.1, 0.15) is 11.5 Å². The lowest BCUT2D eigenvalue weighted by Crippen LogP contribution is -2.00. The minimum absolute atomic E-state index is 0.672. The van der Waals surface area contributed by atoms with Crippen molar-refractivity contribution in [2.24, 2.45) is 0 Å². The van der Waals surface area contributed by atoms with Crippen LogP contribution in [0.4, 0.5) is 0 Å². The number of hydrogen-bond acceptors (Lipinski definition) is 4. The predicted molar refractivity (Wildman–Crippen MR) is 113 cm³/mol. The summed E-state index contributed by atoms with van der Waals surface area (Å²) < 4.78 is 11.5. The van der Waals surface area contributed by atoms with Crippen LogP contribution in [-0.2, 0) is 5.75 Å². The molecule has 3 nitrogen and oxygen atoms in total. The van der Waals surface area contributed by atoms with Gasteiger partial charge in [0.25, 0.3) is 0 Å². The zero-order valence-corrected chi connectivity index (χ0v) is 16.7. The third-order valence-electron chi connectivity index (χ3n) is 3.61. The fraction of sp³-hybridized carbons (Fsp3) is 0.190. The monoisotopic (exact) mass is 429 g/mol. The van der Waals surface area contributed by atoms with E-state index in [1.807, 2.05) is 30.3 Å². The molecule has 0 spiro atoms. The average molecular weight is 430 g/mol. The van der Waals surface area contributed by atoms with Crippen LogP contribution in [0.3, 0.4) is 0 Å². The lowest BCUT2D eigenvalue weighted by molar-refractivity contribution is 0.344. The van der Waals surface area contributed by atoms with E-state index in [1.165, 1.54) is 5.56 Å². The van der Waals surface area contributed by atoms with Gasteiger partial charge in [-0.2, -0.15) is 0 Å². The van der Waals surface area contributed by atoms with Crippen LogP contribution in [0.2, 0.25) is 0 Å². The number of alkyl halides is 1. The van der Waals surface area contributed by atoms with Gasteiger partial charge in [0.1, 0.15) is 5.75 Å². The average Bonchev–Trinajstić information content (AvgIpc) is 3.16. The summed E-state index contributed by atoms with van der Waals surface area (Å²) in [5, 5.41) is 0.855. The first kappa shape index (κ1) is 18.8. The Kier molecular flexibility index (Phi) is 7.40. The highest BCUT2D eigenvalue weighted by atomic mass is 79.9.